The topological polar surface area (TPSA) is 64.7 Å². The summed E-state index contributed by atoms with van der Waals surface area (Å²) in [4.78, 5) is 28.0. The van der Waals surface area contributed by atoms with Gasteiger partial charge in [0.25, 0.3) is 0 Å². The number of benzene rings is 1. The van der Waals surface area contributed by atoms with E-state index in [4.69, 9.17) is 0 Å². The summed E-state index contributed by atoms with van der Waals surface area (Å²) in [6, 6.07) is 6.41. The van der Waals surface area contributed by atoms with Crippen molar-refractivity contribution in [1.29, 1.82) is 0 Å². The molecule has 2 saturated heterocycles. The number of likely N-dealkylation sites (tertiary alicyclic amines) is 1. The van der Waals surface area contributed by atoms with Gasteiger partial charge in [0.05, 0.1) is 0 Å². The molecule has 6 nitrogen and oxygen atoms in total. The van der Waals surface area contributed by atoms with E-state index < -0.39 is 0 Å². The molecule has 7 heteroatoms. The number of carbonyl (C=O) groups is 2. The van der Waals surface area contributed by atoms with Crippen molar-refractivity contribution in [3.05, 3.63) is 35.6 Å². The van der Waals surface area contributed by atoms with Crippen molar-refractivity contribution >= 4 is 11.9 Å². The molecule has 0 saturated carbocycles. The molecule has 3 rings (SSSR count). The molecule has 2 N–H and O–H groups in total. The van der Waals surface area contributed by atoms with Crippen LogP contribution in [0.4, 0.5) is 9.18 Å². The van der Waals surface area contributed by atoms with Crippen LogP contribution in [0.1, 0.15) is 24.8 Å². The van der Waals surface area contributed by atoms with E-state index in [1.807, 2.05) is 4.90 Å². The minimum Gasteiger partial charge on any atom is -0.352 e. The quantitative estimate of drug-likeness (QED) is 0.815. The van der Waals surface area contributed by atoms with Gasteiger partial charge in [0.1, 0.15) is 5.82 Å². The Balaban J connectivity index is 1.39. The van der Waals surface area contributed by atoms with Crippen molar-refractivity contribution < 1.29 is 14.0 Å². The molecule has 1 atom stereocenters. The van der Waals surface area contributed by atoms with Crippen LogP contribution in [0.5, 0.6) is 0 Å². The number of amides is 3. The molecule has 1 aromatic carbocycles. The highest BCUT2D eigenvalue weighted by atomic mass is 19.1. The average molecular weight is 348 g/mol. The summed E-state index contributed by atoms with van der Waals surface area (Å²) >= 11 is 0. The zero-order valence-corrected chi connectivity index (χ0v) is 14.3. The molecular weight excluding hydrogens is 323 g/mol. The van der Waals surface area contributed by atoms with Gasteiger partial charge in [-0.05, 0) is 37.1 Å². The third-order valence-corrected chi connectivity index (χ3v) is 4.87. The van der Waals surface area contributed by atoms with Crippen LogP contribution in [0.25, 0.3) is 0 Å². The van der Waals surface area contributed by atoms with Crippen LogP contribution in [0, 0.1) is 5.82 Å². The summed E-state index contributed by atoms with van der Waals surface area (Å²) in [6.45, 7) is 4.41. The molecule has 0 radical (unpaired) electrons. The summed E-state index contributed by atoms with van der Waals surface area (Å²) in [5.41, 5.74) is 0.882. The number of hydrogen-bond donors (Lipinski definition) is 2. The molecule has 1 aromatic rings. The first-order chi connectivity index (χ1) is 12.1. The number of nitrogens with one attached hydrogen (secondary N) is 2. The van der Waals surface area contributed by atoms with Gasteiger partial charge in [-0.15, -0.1) is 0 Å². The van der Waals surface area contributed by atoms with E-state index >= 15 is 0 Å². The molecule has 0 aromatic heterocycles. The van der Waals surface area contributed by atoms with Gasteiger partial charge in [-0.3, -0.25) is 4.79 Å². The standard InChI is InChI=1S/C18H25FN4O2/c19-15-5-3-14(4-6-15)12-21-17(24)7-10-22-9-1-2-16(13-22)23-11-8-20-18(23)25/h3-6,16H,1-2,7-13H2,(H,20,25)(H,21,24)/t16-/m0/s1. The number of urea groups is 1. The zero-order valence-electron chi connectivity index (χ0n) is 14.3. The van der Waals surface area contributed by atoms with E-state index in [0.29, 0.717) is 19.5 Å². The number of nitrogens with zero attached hydrogens (tertiary/aromatic N) is 2. The van der Waals surface area contributed by atoms with Crippen molar-refractivity contribution in [2.45, 2.75) is 31.8 Å². The summed E-state index contributed by atoms with van der Waals surface area (Å²) in [7, 11) is 0. The van der Waals surface area contributed by atoms with Gasteiger partial charge >= 0.3 is 6.03 Å². The SMILES string of the molecule is O=C(CCN1CCC[C@H](N2CCNC2=O)C1)NCc1ccc(F)cc1. The Labute approximate surface area is 147 Å². The molecule has 2 heterocycles. The highest BCUT2D eigenvalue weighted by Gasteiger charge is 2.31. The lowest BCUT2D eigenvalue weighted by Gasteiger charge is -2.36. The van der Waals surface area contributed by atoms with E-state index in [2.05, 4.69) is 15.5 Å². The molecule has 136 valence electrons. The van der Waals surface area contributed by atoms with Gasteiger partial charge in [0.2, 0.25) is 5.91 Å². The van der Waals surface area contributed by atoms with E-state index in [9.17, 15) is 14.0 Å². The van der Waals surface area contributed by atoms with Crippen LogP contribution >= 0.6 is 0 Å². The monoisotopic (exact) mass is 348 g/mol. The predicted molar refractivity (Wildman–Crippen MR) is 92.4 cm³/mol. The van der Waals surface area contributed by atoms with Gasteiger partial charge in [0, 0.05) is 45.2 Å². The summed E-state index contributed by atoms with van der Waals surface area (Å²) in [6.07, 6.45) is 2.51. The Hall–Kier alpha value is -2.15. The third kappa shape index (κ3) is 4.92. The van der Waals surface area contributed by atoms with Crippen LogP contribution in [0.2, 0.25) is 0 Å². The van der Waals surface area contributed by atoms with Crippen LogP contribution in [0.15, 0.2) is 24.3 Å². The fraction of sp³-hybridized carbons (Fsp3) is 0.556. The Morgan fingerprint density at radius 1 is 1.28 bits per heavy atom. The molecule has 0 aliphatic carbocycles. The normalized spacial score (nSPS) is 21.2. The number of piperidine rings is 1. The Kier molecular flexibility index (Phi) is 5.86. The van der Waals surface area contributed by atoms with Crippen LogP contribution in [-0.2, 0) is 11.3 Å². The Bertz CT molecular complexity index is 608. The predicted octanol–water partition coefficient (Wildman–Crippen LogP) is 1.32. The van der Waals surface area contributed by atoms with Crippen LogP contribution in [0.3, 0.4) is 0 Å². The van der Waals surface area contributed by atoms with Crippen molar-refractivity contribution in [2.75, 3.05) is 32.7 Å². The average Bonchev–Trinajstić information content (AvgIpc) is 3.06. The fourth-order valence-corrected chi connectivity index (χ4v) is 3.47. The first kappa shape index (κ1) is 17.7. The molecule has 2 fully saturated rings. The molecular formula is C18H25FN4O2. The van der Waals surface area contributed by atoms with Crippen molar-refractivity contribution in [3.63, 3.8) is 0 Å². The number of carbonyl (C=O) groups excluding carboxylic acids is 2. The van der Waals surface area contributed by atoms with E-state index in [0.717, 1.165) is 44.6 Å². The second kappa shape index (κ2) is 8.29. The largest absolute Gasteiger partial charge is 0.352 e. The second-order valence-electron chi connectivity index (χ2n) is 6.68. The van der Waals surface area contributed by atoms with Crippen molar-refractivity contribution in [1.82, 2.24) is 20.4 Å². The molecule has 2 aliphatic rings. The Morgan fingerprint density at radius 2 is 2.08 bits per heavy atom. The van der Waals surface area contributed by atoms with Crippen molar-refractivity contribution in [2.24, 2.45) is 0 Å². The van der Waals surface area contributed by atoms with Gasteiger partial charge < -0.3 is 20.4 Å². The molecule has 25 heavy (non-hydrogen) atoms. The van der Waals surface area contributed by atoms with Gasteiger partial charge in [-0.2, -0.15) is 0 Å². The van der Waals surface area contributed by atoms with E-state index in [1.165, 1.54) is 12.1 Å². The van der Waals surface area contributed by atoms with Gasteiger partial charge in [-0.1, -0.05) is 12.1 Å². The lowest BCUT2D eigenvalue weighted by Crippen LogP contribution is -2.49. The third-order valence-electron chi connectivity index (χ3n) is 4.87. The van der Waals surface area contributed by atoms with Gasteiger partial charge in [0.15, 0.2) is 0 Å². The zero-order chi connectivity index (χ0) is 17.6. The highest BCUT2D eigenvalue weighted by Crippen LogP contribution is 2.17. The first-order valence-electron chi connectivity index (χ1n) is 8.90. The van der Waals surface area contributed by atoms with Crippen LogP contribution in [-0.4, -0.2) is 60.5 Å². The maximum absolute atomic E-state index is 12.9. The summed E-state index contributed by atoms with van der Waals surface area (Å²) in [5, 5.41) is 5.72. The second-order valence-corrected chi connectivity index (χ2v) is 6.68. The molecule has 2 aliphatic heterocycles. The minimum atomic E-state index is -0.276. The fourth-order valence-electron chi connectivity index (χ4n) is 3.47. The maximum Gasteiger partial charge on any atom is 0.317 e. The molecule has 3 amide bonds. The summed E-state index contributed by atoms with van der Waals surface area (Å²) in [5.74, 6) is -0.285. The first-order valence-corrected chi connectivity index (χ1v) is 8.90. The minimum absolute atomic E-state index is 0.00892. The van der Waals surface area contributed by atoms with Crippen molar-refractivity contribution in [3.8, 4) is 0 Å². The molecule has 0 unspecified atom stereocenters. The van der Waals surface area contributed by atoms with E-state index in [-0.39, 0.29) is 23.8 Å². The molecule has 0 bridgehead atoms. The number of hydrogen-bond acceptors (Lipinski definition) is 3. The number of rotatable bonds is 6. The smallest absolute Gasteiger partial charge is 0.317 e. The van der Waals surface area contributed by atoms with Gasteiger partial charge in [-0.25, -0.2) is 9.18 Å². The molecule has 0 spiro atoms. The van der Waals surface area contributed by atoms with Crippen LogP contribution < -0.4 is 10.6 Å². The lowest BCUT2D eigenvalue weighted by molar-refractivity contribution is -0.121. The summed E-state index contributed by atoms with van der Waals surface area (Å²) < 4.78 is 12.9. The Morgan fingerprint density at radius 3 is 2.80 bits per heavy atom. The lowest BCUT2D eigenvalue weighted by atomic mass is 10.0. The van der Waals surface area contributed by atoms with E-state index in [1.54, 1.807) is 12.1 Å². The number of halogens is 1. The maximum atomic E-state index is 12.9. The highest BCUT2D eigenvalue weighted by molar-refractivity contribution is 5.76.